The molecule has 0 aromatic heterocycles. The SMILES string of the molecule is [O-][I+2]([O-])[O-].[Pb]. The first-order valence-corrected chi connectivity index (χ1v) is 3.11. The van der Waals surface area contributed by atoms with Crippen molar-refractivity contribution < 1.29 is 31.4 Å². The summed E-state index contributed by atoms with van der Waals surface area (Å²) in [6, 6.07) is 0. The molecule has 5 heavy (non-hydrogen) atoms. The van der Waals surface area contributed by atoms with Crippen molar-refractivity contribution in [3.63, 3.8) is 0 Å². The molecule has 0 aromatic rings. The molecule has 4 radical (unpaired) electrons. The number of hydrogen-bond acceptors (Lipinski definition) is 3. The van der Waals surface area contributed by atoms with Gasteiger partial charge in [0.1, 0.15) is 0 Å². The molecule has 0 heterocycles. The van der Waals surface area contributed by atoms with Crippen LogP contribution >= 0.6 is 0 Å². The largest absolute Gasteiger partial charge is 0.427 e. The quantitative estimate of drug-likeness (QED) is 0.309. The van der Waals surface area contributed by atoms with E-state index in [9.17, 15) is 0 Å². The Hall–Kier alpha value is 1.53. The third-order valence-corrected chi connectivity index (χ3v) is 0. The van der Waals surface area contributed by atoms with E-state index in [1.54, 1.807) is 0 Å². The minimum atomic E-state index is -4.01. The monoisotopic (exact) mass is 383 g/mol. The maximum absolute atomic E-state index is 8.57. The van der Waals surface area contributed by atoms with Crippen molar-refractivity contribution in [3.8, 4) is 0 Å². The van der Waals surface area contributed by atoms with Gasteiger partial charge in [-0.05, 0) is 0 Å². The molecule has 5 heteroatoms. The van der Waals surface area contributed by atoms with Crippen LogP contribution < -0.4 is 31.4 Å². The average molecular weight is 382 g/mol. The number of halogens is 1. The van der Waals surface area contributed by atoms with Crippen molar-refractivity contribution in [2.45, 2.75) is 0 Å². The van der Waals surface area contributed by atoms with Crippen molar-refractivity contribution in [1.82, 2.24) is 0 Å². The molecule has 0 saturated heterocycles. The standard InChI is InChI=1S/IO3.Pb/c2-1(3)4;/q-1;. The Morgan fingerprint density at radius 2 is 1.00 bits per heavy atom. The van der Waals surface area contributed by atoms with Crippen molar-refractivity contribution in [2.24, 2.45) is 0 Å². The van der Waals surface area contributed by atoms with Gasteiger partial charge in [-0.2, -0.15) is 0 Å². The van der Waals surface area contributed by atoms with Crippen molar-refractivity contribution >= 4 is 27.3 Å². The van der Waals surface area contributed by atoms with Gasteiger partial charge in [0, 0.05) is 27.3 Å². The first-order chi connectivity index (χ1) is 1.73. The summed E-state index contributed by atoms with van der Waals surface area (Å²) in [5.74, 6) is 0. The number of rotatable bonds is 0. The molecule has 0 fully saturated rings. The van der Waals surface area contributed by atoms with Gasteiger partial charge in [-0.25, -0.2) is 0 Å². The minimum Gasteiger partial charge on any atom is -0.427 e. The second kappa shape index (κ2) is 5.53. The summed E-state index contributed by atoms with van der Waals surface area (Å²) in [6.45, 7) is 0. The molecule has 0 N–H and O–H groups in total. The van der Waals surface area contributed by atoms with E-state index in [1.807, 2.05) is 0 Å². The van der Waals surface area contributed by atoms with Gasteiger partial charge in [-0.1, -0.05) is 0 Å². The van der Waals surface area contributed by atoms with Gasteiger partial charge in [0.05, 0.1) is 0 Å². The zero-order valence-corrected chi connectivity index (χ0v) is 8.15. The Morgan fingerprint density at radius 1 is 1.00 bits per heavy atom. The molecule has 0 aliphatic heterocycles. The predicted octanol–water partition coefficient (Wildman–Crippen LogP) is -6.94. The molecule has 0 rings (SSSR count). The third kappa shape index (κ3) is 29.4. The molecule has 0 unspecified atom stereocenters. The Bertz CT molecular complexity index is 11.6. The van der Waals surface area contributed by atoms with Gasteiger partial charge in [0.2, 0.25) is 0 Å². The average Bonchev–Trinajstić information content (AvgIpc) is 0.811. The van der Waals surface area contributed by atoms with Gasteiger partial charge >= 0.3 is 0 Å². The molecule has 3 nitrogen and oxygen atoms in total. The van der Waals surface area contributed by atoms with Crippen molar-refractivity contribution in [1.29, 1.82) is 0 Å². The maximum atomic E-state index is 8.57. The smallest absolute Gasteiger partial charge is 0.282 e. The van der Waals surface area contributed by atoms with Gasteiger partial charge < -0.3 is 10.3 Å². The molecule has 0 aliphatic carbocycles. The summed E-state index contributed by atoms with van der Waals surface area (Å²) in [6.07, 6.45) is 0. The Labute approximate surface area is 58.2 Å². The summed E-state index contributed by atoms with van der Waals surface area (Å²) in [5.41, 5.74) is 0. The van der Waals surface area contributed by atoms with Crippen LogP contribution in [0.1, 0.15) is 0 Å². The molecule has 0 aromatic carbocycles. The Balaban J connectivity index is 0. The zero-order valence-electron chi connectivity index (χ0n) is 2.10. The van der Waals surface area contributed by atoms with E-state index in [1.165, 1.54) is 0 Å². The molecular formula is IO3Pb-. The van der Waals surface area contributed by atoms with Gasteiger partial charge in [-0.3, -0.25) is 0 Å². The predicted molar refractivity (Wildman–Crippen MR) is 5.75 cm³/mol. The fourth-order valence-corrected chi connectivity index (χ4v) is 0. The normalized spacial score (nSPS) is 7.20. The second-order valence-corrected chi connectivity index (χ2v) is 1.27. The van der Waals surface area contributed by atoms with Crippen molar-refractivity contribution in [3.05, 3.63) is 0 Å². The molecule has 0 amide bonds. The topological polar surface area (TPSA) is 69.2 Å². The van der Waals surface area contributed by atoms with Crippen molar-refractivity contribution in [2.75, 3.05) is 0 Å². The molecule has 0 bridgehead atoms. The Kier molecular flexibility index (Phi) is 10.8. The summed E-state index contributed by atoms with van der Waals surface area (Å²) in [5, 5.41) is 0. The van der Waals surface area contributed by atoms with Crippen LogP contribution in [0.2, 0.25) is 0 Å². The minimum absolute atomic E-state index is 0. The van der Waals surface area contributed by atoms with Crippen LogP contribution in [0.4, 0.5) is 0 Å². The van der Waals surface area contributed by atoms with Crippen LogP contribution in [0.5, 0.6) is 0 Å². The van der Waals surface area contributed by atoms with E-state index in [-0.39, 0.29) is 27.3 Å². The summed E-state index contributed by atoms with van der Waals surface area (Å²) >= 11 is -4.01. The van der Waals surface area contributed by atoms with Gasteiger partial charge in [0.25, 0.3) is 21.1 Å². The van der Waals surface area contributed by atoms with E-state index in [0.29, 0.717) is 0 Å². The fourth-order valence-electron chi connectivity index (χ4n) is 0. The maximum Gasteiger partial charge on any atom is 0.282 e. The van der Waals surface area contributed by atoms with E-state index in [0.717, 1.165) is 0 Å². The van der Waals surface area contributed by atoms with Gasteiger partial charge in [-0.15, -0.1) is 0 Å². The van der Waals surface area contributed by atoms with Crippen LogP contribution in [0.15, 0.2) is 0 Å². The number of hydrogen-bond donors (Lipinski definition) is 0. The third-order valence-electron chi connectivity index (χ3n) is 0. The fraction of sp³-hybridized carbons (Fsp3) is 0. The second-order valence-electron chi connectivity index (χ2n) is 0.189. The van der Waals surface area contributed by atoms with Crippen LogP contribution in [0.3, 0.4) is 0 Å². The van der Waals surface area contributed by atoms with Crippen LogP contribution in [0, 0.1) is 0 Å². The molecule has 0 spiro atoms. The molecular weight excluding hydrogens is 382 g/mol. The van der Waals surface area contributed by atoms with E-state index in [2.05, 4.69) is 0 Å². The van der Waals surface area contributed by atoms with Crippen LogP contribution in [0.25, 0.3) is 0 Å². The molecule has 0 saturated carbocycles. The van der Waals surface area contributed by atoms with Gasteiger partial charge in [0.15, 0.2) is 0 Å². The summed E-state index contributed by atoms with van der Waals surface area (Å²) < 4.78 is 25.7. The van der Waals surface area contributed by atoms with Crippen LogP contribution in [-0.2, 0) is 0 Å². The Morgan fingerprint density at radius 3 is 1.00 bits per heavy atom. The van der Waals surface area contributed by atoms with E-state index in [4.69, 9.17) is 10.3 Å². The first kappa shape index (κ1) is 9.73. The molecule has 30 valence electrons. The van der Waals surface area contributed by atoms with E-state index < -0.39 is 21.1 Å². The van der Waals surface area contributed by atoms with E-state index >= 15 is 0 Å². The molecule has 0 atom stereocenters. The first-order valence-electron chi connectivity index (χ1n) is 0.463. The molecule has 0 aliphatic rings. The zero-order chi connectivity index (χ0) is 3.58. The summed E-state index contributed by atoms with van der Waals surface area (Å²) in [4.78, 5) is 0. The van der Waals surface area contributed by atoms with Crippen LogP contribution in [-0.4, -0.2) is 27.3 Å². The summed E-state index contributed by atoms with van der Waals surface area (Å²) in [7, 11) is 0.